The van der Waals surface area contributed by atoms with E-state index in [4.69, 9.17) is 21.1 Å². The third kappa shape index (κ3) is 3.08. The normalized spacial score (nSPS) is 19.2. The minimum atomic E-state index is -0.477. The summed E-state index contributed by atoms with van der Waals surface area (Å²) in [5.74, 6) is 0.330. The van der Waals surface area contributed by atoms with Gasteiger partial charge in [-0.15, -0.1) is 0 Å². The first-order chi connectivity index (χ1) is 8.16. The van der Waals surface area contributed by atoms with Crippen LogP contribution in [0.25, 0.3) is 0 Å². The van der Waals surface area contributed by atoms with Crippen LogP contribution in [0.15, 0.2) is 18.2 Å². The van der Waals surface area contributed by atoms with Crippen LogP contribution in [-0.2, 0) is 4.74 Å². The number of nitro benzene ring substituents is 1. The summed E-state index contributed by atoms with van der Waals surface area (Å²) in [7, 11) is 0. The van der Waals surface area contributed by atoms with Gasteiger partial charge >= 0.3 is 0 Å². The Balaban J connectivity index is 2.03. The number of nitro groups is 1. The van der Waals surface area contributed by atoms with Crippen LogP contribution in [0.3, 0.4) is 0 Å². The minimum absolute atomic E-state index is 0.0308. The molecule has 1 aliphatic heterocycles. The molecule has 6 heteroatoms. The van der Waals surface area contributed by atoms with Crippen LogP contribution < -0.4 is 4.74 Å². The van der Waals surface area contributed by atoms with Gasteiger partial charge in [0.1, 0.15) is 12.4 Å². The third-order valence-electron chi connectivity index (χ3n) is 2.57. The Morgan fingerprint density at radius 3 is 3.06 bits per heavy atom. The predicted octanol–water partition coefficient (Wildman–Crippen LogP) is 2.81. The molecule has 1 fully saturated rings. The lowest BCUT2D eigenvalue weighted by Gasteiger charge is -2.12. The highest BCUT2D eigenvalue weighted by Gasteiger charge is 2.17. The fourth-order valence-electron chi connectivity index (χ4n) is 1.67. The number of nitrogens with zero attached hydrogens (tertiary/aromatic N) is 1. The number of benzene rings is 1. The molecule has 0 aromatic heterocycles. The molecule has 0 amide bonds. The van der Waals surface area contributed by atoms with Crippen molar-refractivity contribution in [3.63, 3.8) is 0 Å². The average molecular weight is 258 g/mol. The van der Waals surface area contributed by atoms with E-state index in [0.717, 1.165) is 19.4 Å². The van der Waals surface area contributed by atoms with E-state index in [1.165, 1.54) is 18.2 Å². The largest absolute Gasteiger partial charge is 0.489 e. The molecular formula is C11H12ClNO4. The molecule has 1 atom stereocenters. The molecule has 1 aromatic carbocycles. The highest BCUT2D eigenvalue weighted by atomic mass is 35.5. The van der Waals surface area contributed by atoms with Crippen LogP contribution in [0.2, 0.25) is 5.02 Å². The Kier molecular flexibility index (Phi) is 3.81. The van der Waals surface area contributed by atoms with Crippen molar-refractivity contribution in [2.24, 2.45) is 0 Å². The van der Waals surface area contributed by atoms with Gasteiger partial charge in [-0.25, -0.2) is 0 Å². The van der Waals surface area contributed by atoms with Crippen molar-refractivity contribution in [1.82, 2.24) is 0 Å². The summed E-state index contributed by atoms with van der Waals surface area (Å²) < 4.78 is 10.8. The van der Waals surface area contributed by atoms with Crippen LogP contribution in [0.1, 0.15) is 12.8 Å². The number of non-ortho nitro benzene ring substituents is 1. The second-order valence-corrected chi connectivity index (χ2v) is 4.23. The maximum Gasteiger partial charge on any atom is 0.273 e. The first kappa shape index (κ1) is 12.1. The fraction of sp³-hybridized carbons (Fsp3) is 0.455. The maximum atomic E-state index is 10.6. The van der Waals surface area contributed by atoms with Crippen molar-refractivity contribution in [2.75, 3.05) is 13.2 Å². The molecule has 1 aliphatic rings. The number of halogens is 1. The Labute approximate surface area is 103 Å². The highest BCUT2D eigenvalue weighted by Crippen LogP contribution is 2.29. The van der Waals surface area contributed by atoms with E-state index in [2.05, 4.69) is 0 Å². The lowest BCUT2D eigenvalue weighted by atomic mass is 10.2. The van der Waals surface area contributed by atoms with Crippen LogP contribution in [0.4, 0.5) is 5.69 Å². The quantitative estimate of drug-likeness (QED) is 0.615. The Morgan fingerprint density at radius 2 is 2.41 bits per heavy atom. The van der Waals surface area contributed by atoms with E-state index in [1.54, 1.807) is 0 Å². The van der Waals surface area contributed by atoms with Gasteiger partial charge in [-0.3, -0.25) is 10.1 Å². The molecule has 92 valence electrons. The molecule has 1 heterocycles. The molecule has 0 N–H and O–H groups in total. The first-order valence-electron chi connectivity index (χ1n) is 5.35. The SMILES string of the molecule is O=[N+]([O-])c1ccc(Cl)c(OC[C@@H]2CCCO2)c1. The summed E-state index contributed by atoms with van der Waals surface area (Å²) >= 11 is 5.90. The molecule has 0 unspecified atom stereocenters. The van der Waals surface area contributed by atoms with Gasteiger partial charge in [-0.05, 0) is 18.9 Å². The zero-order chi connectivity index (χ0) is 12.3. The van der Waals surface area contributed by atoms with Gasteiger partial charge in [0.25, 0.3) is 5.69 Å². The second-order valence-electron chi connectivity index (χ2n) is 3.82. The van der Waals surface area contributed by atoms with Crippen molar-refractivity contribution in [3.8, 4) is 5.75 Å². The van der Waals surface area contributed by atoms with E-state index in [0.29, 0.717) is 17.4 Å². The minimum Gasteiger partial charge on any atom is -0.489 e. The predicted molar refractivity (Wildman–Crippen MR) is 62.6 cm³/mol. The number of hydrogen-bond donors (Lipinski definition) is 0. The topological polar surface area (TPSA) is 61.6 Å². The number of rotatable bonds is 4. The summed E-state index contributed by atoms with van der Waals surface area (Å²) in [6.45, 7) is 1.12. The summed E-state index contributed by atoms with van der Waals surface area (Å²) in [6, 6.07) is 4.14. The monoisotopic (exact) mass is 257 g/mol. The Bertz CT molecular complexity index is 418. The Hall–Kier alpha value is -1.33. The molecule has 0 saturated carbocycles. The molecule has 0 aliphatic carbocycles. The van der Waals surface area contributed by atoms with E-state index < -0.39 is 4.92 Å². The fourth-order valence-corrected chi connectivity index (χ4v) is 1.85. The van der Waals surface area contributed by atoms with Crippen LogP contribution in [0, 0.1) is 10.1 Å². The molecule has 0 spiro atoms. The standard InChI is InChI=1S/C11H12ClNO4/c12-10-4-3-8(13(14)15)6-11(10)17-7-9-2-1-5-16-9/h3-4,6,9H,1-2,5,7H2/t9-/m0/s1. The van der Waals surface area contributed by atoms with Gasteiger partial charge in [0.05, 0.1) is 22.1 Å². The van der Waals surface area contributed by atoms with E-state index in [-0.39, 0.29) is 11.8 Å². The van der Waals surface area contributed by atoms with Crippen molar-refractivity contribution in [3.05, 3.63) is 33.3 Å². The summed E-state index contributed by atoms with van der Waals surface area (Å²) in [6.07, 6.45) is 2.04. The molecular weight excluding hydrogens is 246 g/mol. The van der Waals surface area contributed by atoms with E-state index >= 15 is 0 Å². The summed E-state index contributed by atoms with van der Waals surface area (Å²) in [5.41, 5.74) is -0.0308. The van der Waals surface area contributed by atoms with Gasteiger partial charge in [-0.1, -0.05) is 11.6 Å². The van der Waals surface area contributed by atoms with E-state index in [9.17, 15) is 10.1 Å². The van der Waals surface area contributed by atoms with Crippen molar-refractivity contribution in [1.29, 1.82) is 0 Å². The van der Waals surface area contributed by atoms with Crippen LogP contribution in [0.5, 0.6) is 5.75 Å². The van der Waals surface area contributed by atoms with Gasteiger partial charge in [0.2, 0.25) is 0 Å². The Morgan fingerprint density at radius 1 is 1.59 bits per heavy atom. The van der Waals surface area contributed by atoms with Gasteiger partial charge < -0.3 is 9.47 Å². The third-order valence-corrected chi connectivity index (χ3v) is 2.89. The van der Waals surface area contributed by atoms with Crippen molar-refractivity contribution in [2.45, 2.75) is 18.9 Å². The molecule has 0 radical (unpaired) electrons. The van der Waals surface area contributed by atoms with Crippen LogP contribution in [-0.4, -0.2) is 24.2 Å². The lowest BCUT2D eigenvalue weighted by Crippen LogP contribution is -2.16. The summed E-state index contributed by atoms with van der Waals surface area (Å²) in [4.78, 5) is 10.1. The first-order valence-corrected chi connectivity index (χ1v) is 5.73. The number of ether oxygens (including phenoxy) is 2. The molecule has 0 bridgehead atoms. The zero-order valence-electron chi connectivity index (χ0n) is 9.10. The van der Waals surface area contributed by atoms with Crippen molar-refractivity contribution < 1.29 is 14.4 Å². The molecule has 2 rings (SSSR count). The van der Waals surface area contributed by atoms with Gasteiger partial charge in [-0.2, -0.15) is 0 Å². The second kappa shape index (κ2) is 5.33. The van der Waals surface area contributed by atoms with Gasteiger partial charge in [0, 0.05) is 12.7 Å². The molecule has 1 aromatic rings. The molecule has 5 nitrogen and oxygen atoms in total. The molecule has 17 heavy (non-hydrogen) atoms. The maximum absolute atomic E-state index is 10.6. The van der Waals surface area contributed by atoms with Crippen molar-refractivity contribution >= 4 is 17.3 Å². The number of hydrogen-bond acceptors (Lipinski definition) is 4. The highest BCUT2D eigenvalue weighted by molar-refractivity contribution is 6.32. The summed E-state index contributed by atoms with van der Waals surface area (Å²) in [5, 5.41) is 11.0. The smallest absolute Gasteiger partial charge is 0.273 e. The van der Waals surface area contributed by atoms with Crippen LogP contribution >= 0.6 is 11.6 Å². The zero-order valence-corrected chi connectivity index (χ0v) is 9.85. The molecule has 1 saturated heterocycles. The van der Waals surface area contributed by atoms with Gasteiger partial charge in [0.15, 0.2) is 0 Å². The average Bonchev–Trinajstić information content (AvgIpc) is 2.80. The van der Waals surface area contributed by atoms with E-state index in [1.807, 2.05) is 0 Å². The lowest BCUT2D eigenvalue weighted by molar-refractivity contribution is -0.384.